The van der Waals surface area contributed by atoms with Crippen LogP contribution in [0.5, 0.6) is 0 Å². The van der Waals surface area contributed by atoms with E-state index in [0.29, 0.717) is 10.8 Å². The largest absolute Gasteiger partial charge is 1.00 e. The molecule has 0 amide bonds. The van der Waals surface area contributed by atoms with Crippen molar-refractivity contribution in [1.29, 1.82) is 0 Å². The molecule has 0 aliphatic heterocycles. The highest BCUT2D eigenvalue weighted by Gasteiger charge is 2.11. The predicted octanol–water partition coefficient (Wildman–Crippen LogP) is -3.31. The first-order valence-corrected chi connectivity index (χ1v) is 8.87. The van der Waals surface area contributed by atoms with E-state index in [9.17, 15) is 0 Å². The molecule has 1 aromatic carbocycles. The Kier molecular flexibility index (Phi) is 13.1. The minimum absolute atomic E-state index is 0. The number of quaternary nitrogens is 2. The van der Waals surface area contributed by atoms with Crippen LogP contribution in [0.4, 0.5) is 0 Å². The third-order valence-electron chi connectivity index (χ3n) is 3.95. The van der Waals surface area contributed by atoms with Crippen molar-refractivity contribution in [3.63, 3.8) is 0 Å². The van der Waals surface area contributed by atoms with Gasteiger partial charge >= 0.3 is 0 Å². The number of benzene rings is 1. The first-order chi connectivity index (χ1) is 10.2. The van der Waals surface area contributed by atoms with Crippen LogP contribution < -0.4 is 35.4 Å². The highest BCUT2D eigenvalue weighted by Crippen LogP contribution is 2.16. The van der Waals surface area contributed by atoms with E-state index in [2.05, 4.69) is 76.4 Å². The van der Waals surface area contributed by atoms with Gasteiger partial charge in [-0.15, -0.1) is 0 Å². The van der Waals surface area contributed by atoms with Crippen LogP contribution in [0, 0.1) is 10.8 Å². The van der Waals surface area contributed by atoms with Crippen molar-refractivity contribution < 1.29 is 35.4 Å². The van der Waals surface area contributed by atoms with Gasteiger partial charge in [0.2, 0.25) is 0 Å². The Bertz CT molecular complexity index is 397. The summed E-state index contributed by atoms with van der Waals surface area (Å²) in [5.41, 5.74) is 3.80. The first kappa shape index (κ1) is 26.0. The van der Waals surface area contributed by atoms with Gasteiger partial charge in [0.15, 0.2) is 0 Å². The molecule has 0 spiro atoms. The Labute approximate surface area is 162 Å². The zero-order valence-electron chi connectivity index (χ0n) is 16.5. The molecule has 1 rings (SSSR count). The summed E-state index contributed by atoms with van der Waals surface area (Å²) in [6, 6.07) is 9.10. The molecule has 0 aliphatic carbocycles. The number of halogens is 2. The van der Waals surface area contributed by atoms with Gasteiger partial charge in [0.1, 0.15) is 13.1 Å². The van der Waals surface area contributed by atoms with Gasteiger partial charge in [-0.05, 0) is 16.9 Å². The van der Waals surface area contributed by atoms with Gasteiger partial charge in [0.25, 0.3) is 0 Å². The average Bonchev–Trinajstić information content (AvgIpc) is 2.38. The van der Waals surface area contributed by atoms with Gasteiger partial charge < -0.3 is 35.4 Å². The lowest BCUT2D eigenvalue weighted by Crippen LogP contribution is -3.00. The molecule has 24 heavy (non-hydrogen) atoms. The summed E-state index contributed by atoms with van der Waals surface area (Å²) in [5.74, 6) is 0. The molecule has 0 aliphatic rings. The summed E-state index contributed by atoms with van der Waals surface area (Å²) in [4.78, 5) is 0. The number of hydrogen-bond donors (Lipinski definition) is 2. The lowest BCUT2D eigenvalue weighted by atomic mass is 9.92. The lowest BCUT2D eigenvalue weighted by molar-refractivity contribution is -0.673. The first-order valence-electron chi connectivity index (χ1n) is 8.87. The maximum atomic E-state index is 2.44. The van der Waals surface area contributed by atoms with Gasteiger partial charge in [-0.25, -0.2) is 0 Å². The fourth-order valence-electron chi connectivity index (χ4n) is 2.49. The highest BCUT2D eigenvalue weighted by atomic mass is 35.5. The summed E-state index contributed by atoms with van der Waals surface area (Å²) >= 11 is 0. The van der Waals surface area contributed by atoms with Crippen molar-refractivity contribution in [2.75, 3.05) is 13.1 Å². The minimum atomic E-state index is 0. The van der Waals surface area contributed by atoms with Gasteiger partial charge in [-0.3, -0.25) is 0 Å². The molecule has 0 bridgehead atoms. The maximum Gasteiger partial charge on any atom is 0.101 e. The van der Waals surface area contributed by atoms with Crippen LogP contribution in [0.25, 0.3) is 0 Å². The van der Waals surface area contributed by atoms with Crippen LogP contribution in [0.3, 0.4) is 0 Å². The number of hydrogen-bond acceptors (Lipinski definition) is 0. The fraction of sp³-hybridized carbons (Fsp3) is 0.700. The second-order valence-electron chi connectivity index (χ2n) is 9.00. The highest BCUT2D eigenvalue weighted by molar-refractivity contribution is 5.21. The van der Waals surface area contributed by atoms with Crippen LogP contribution in [0.15, 0.2) is 24.3 Å². The summed E-state index contributed by atoms with van der Waals surface area (Å²) in [6.07, 6.45) is 2.54. The molecular weight excluding hydrogens is 339 g/mol. The molecule has 0 saturated heterocycles. The van der Waals surface area contributed by atoms with E-state index in [4.69, 9.17) is 0 Å². The van der Waals surface area contributed by atoms with E-state index < -0.39 is 0 Å². The van der Waals surface area contributed by atoms with Crippen molar-refractivity contribution in [3.8, 4) is 0 Å². The Morgan fingerprint density at radius 3 is 1.42 bits per heavy atom. The zero-order valence-corrected chi connectivity index (χ0v) is 18.0. The molecule has 0 unspecified atom stereocenters. The molecule has 0 fully saturated rings. The Morgan fingerprint density at radius 1 is 0.708 bits per heavy atom. The summed E-state index contributed by atoms with van der Waals surface area (Å²) in [5, 5.41) is 4.88. The van der Waals surface area contributed by atoms with E-state index in [1.807, 2.05) is 0 Å². The molecule has 2 nitrogen and oxygen atoms in total. The smallest absolute Gasteiger partial charge is 0.101 e. The van der Waals surface area contributed by atoms with Crippen LogP contribution in [0.1, 0.15) is 65.5 Å². The molecule has 0 radical (unpaired) electrons. The second-order valence-corrected chi connectivity index (χ2v) is 9.00. The second kappa shape index (κ2) is 12.1. The van der Waals surface area contributed by atoms with Crippen LogP contribution in [-0.4, -0.2) is 13.1 Å². The molecular formula is C20H38Cl2N2. The predicted molar refractivity (Wildman–Crippen MR) is 95.6 cm³/mol. The van der Waals surface area contributed by atoms with Crippen LogP contribution in [0.2, 0.25) is 0 Å². The molecule has 0 atom stereocenters. The summed E-state index contributed by atoms with van der Waals surface area (Å²) < 4.78 is 0. The average molecular weight is 377 g/mol. The molecule has 142 valence electrons. The van der Waals surface area contributed by atoms with Crippen molar-refractivity contribution in [1.82, 2.24) is 0 Å². The molecule has 0 heterocycles. The Hall–Kier alpha value is -0.280. The molecule has 0 saturated carbocycles. The van der Waals surface area contributed by atoms with Crippen molar-refractivity contribution in [2.24, 2.45) is 10.8 Å². The molecule has 1 aromatic rings. The van der Waals surface area contributed by atoms with E-state index in [1.165, 1.54) is 37.1 Å². The van der Waals surface area contributed by atoms with Gasteiger partial charge in [-0.1, -0.05) is 59.7 Å². The number of rotatable bonds is 8. The van der Waals surface area contributed by atoms with Crippen molar-refractivity contribution in [3.05, 3.63) is 35.4 Å². The third-order valence-corrected chi connectivity index (χ3v) is 3.95. The van der Waals surface area contributed by atoms with Crippen LogP contribution in [-0.2, 0) is 13.1 Å². The van der Waals surface area contributed by atoms with E-state index >= 15 is 0 Å². The lowest BCUT2D eigenvalue weighted by Gasteiger charge is -2.16. The van der Waals surface area contributed by atoms with E-state index in [0.717, 1.165) is 13.1 Å². The van der Waals surface area contributed by atoms with E-state index in [1.54, 1.807) is 0 Å². The topological polar surface area (TPSA) is 33.2 Å². The van der Waals surface area contributed by atoms with Crippen molar-refractivity contribution >= 4 is 0 Å². The third kappa shape index (κ3) is 14.1. The quantitative estimate of drug-likeness (QED) is 0.445. The molecule has 4 heteroatoms. The standard InChI is InChI=1S/C20H36N2.2ClH/c1-19(2,3)10-12-21-15-17-8-7-9-18(14-17)16-22-13-11-20(4,5)6;;/h7-9,14,21-22H,10-13,15-16H2,1-6H3;2*1H. The van der Waals surface area contributed by atoms with Crippen molar-refractivity contribution in [2.45, 2.75) is 67.5 Å². The summed E-state index contributed by atoms with van der Waals surface area (Å²) in [7, 11) is 0. The monoisotopic (exact) mass is 376 g/mol. The van der Waals surface area contributed by atoms with Crippen LogP contribution >= 0.6 is 0 Å². The SMILES string of the molecule is CC(C)(C)CC[NH2+]Cc1cccc(C[NH2+]CCC(C)(C)C)c1.[Cl-].[Cl-]. The zero-order chi connectivity index (χ0) is 16.6. The van der Waals surface area contributed by atoms with E-state index in [-0.39, 0.29) is 24.8 Å². The fourth-order valence-corrected chi connectivity index (χ4v) is 2.49. The molecule has 4 N–H and O–H groups in total. The van der Waals surface area contributed by atoms with Gasteiger partial charge in [0, 0.05) is 24.0 Å². The van der Waals surface area contributed by atoms with Gasteiger partial charge in [0.05, 0.1) is 13.1 Å². The normalized spacial score (nSPS) is 11.6. The Morgan fingerprint density at radius 2 is 1.08 bits per heavy atom. The summed E-state index contributed by atoms with van der Waals surface area (Å²) in [6.45, 7) is 18.5. The maximum absolute atomic E-state index is 2.44. The number of nitrogens with two attached hydrogens (primary N) is 2. The Balaban J connectivity index is 0. The molecule has 0 aromatic heterocycles. The van der Waals surface area contributed by atoms with Gasteiger partial charge in [-0.2, -0.15) is 0 Å². The minimum Gasteiger partial charge on any atom is -1.00 e.